The molecule has 1 aromatic heterocycles. The van der Waals surface area contributed by atoms with Crippen LogP contribution in [0.1, 0.15) is 37.3 Å². The summed E-state index contributed by atoms with van der Waals surface area (Å²) < 4.78 is 2.30. The summed E-state index contributed by atoms with van der Waals surface area (Å²) in [4.78, 5) is 2.47. The lowest BCUT2D eigenvalue weighted by Crippen LogP contribution is -2.38. The number of piperidine rings is 1. The Balaban J connectivity index is 1.73. The molecule has 0 bridgehead atoms. The largest absolute Gasteiger partial charge is 0.327 e. The van der Waals surface area contributed by atoms with E-state index in [-0.39, 0.29) is 6.04 Å². The number of likely N-dealkylation sites (tertiary alicyclic amines) is 1. The minimum atomic E-state index is 0.270. The highest BCUT2D eigenvalue weighted by atomic mass is 15.3. The first kappa shape index (κ1) is 12.1. The van der Waals surface area contributed by atoms with Gasteiger partial charge in [0.2, 0.25) is 0 Å². The van der Waals surface area contributed by atoms with Gasteiger partial charge in [-0.3, -0.25) is 0 Å². The second-order valence-corrected chi connectivity index (χ2v) is 5.77. The van der Waals surface area contributed by atoms with Gasteiger partial charge in [0.15, 0.2) is 0 Å². The molecule has 2 atom stereocenters. The zero-order valence-electron chi connectivity index (χ0n) is 11.2. The Hall–Kier alpha value is -0.940. The number of nitrogens with two attached hydrogens (primary N) is 1. The molecule has 2 unspecified atom stereocenters. The van der Waals surface area contributed by atoms with Crippen molar-refractivity contribution in [3.8, 4) is 0 Å². The van der Waals surface area contributed by atoms with Crippen LogP contribution in [-0.2, 0) is 19.4 Å². The van der Waals surface area contributed by atoms with Crippen molar-refractivity contribution >= 4 is 0 Å². The highest BCUT2D eigenvalue weighted by Gasteiger charge is 2.25. The fourth-order valence-electron chi connectivity index (χ4n) is 3.18. The molecule has 18 heavy (non-hydrogen) atoms. The van der Waals surface area contributed by atoms with E-state index in [1.54, 1.807) is 0 Å². The zero-order chi connectivity index (χ0) is 12.5. The van der Waals surface area contributed by atoms with Gasteiger partial charge in [-0.05, 0) is 32.9 Å². The van der Waals surface area contributed by atoms with Gasteiger partial charge in [0.25, 0.3) is 0 Å². The number of rotatable bonds is 2. The van der Waals surface area contributed by atoms with Crippen LogP contribution < -0.4 is 5.73 Å². The Labute approximate surface area is 108 Å². The second-order valence-electron chi connectivity index (χ2n) is 5.77. The molecule has 3 rings (SSSR count). The van der Waals surface area contributed by atoms with E-state index < -0.39 is 0 Å². The van der Waals surface area contributed by atoms with Gasteiger partial charge in [-0.1, -0.05) is 6.42 Å². The van der Waals surface area contributed by atoms with Crippen LogP contribution in [0.15, 0.2) is 0 Å². The summed E-state index contributed by atoms with van der Waals surface area (Å²) in [5, 5.41) is 8.70. The van der Waals surface area contributed by atoms with Crippen LogP contribution >= 0.6 is 0 Å². The van der Waals surface area contributed by atoms with E-state index in [0.717, 1.165) is 37.5 Å². The van der Waals surface area contributed by atoms with Crippen LogP contribution in [0.5, 0.6) is 0 Å². The average molecular weight is 249 g/mol. The van der Waals surface area contributed by atoms with Gasteiger partial charge < -0.3 is 15.2 Å². The molecule has 5 nitrogen and oxygen atoms in total. The SMILES string of the molecule is CN1CCCCC1Cc1nnc2n1CCC(N)C2. The predicted octanol–water partition coefficient (Wildman–Crippen LogP) is 0.578. The quantitative estimate of drug-likeness (QED) is 0.833. The van der Waals surface area contributed by atoms with E-state index in [2.05, 4.69) is 26.7 Å². The molecule has 1 saturated heterocycles. The van der Waals surface area contributed by atoms with Crippen molar-refractivity contribution in [2.75, 3.05) is 13.6 Å². The molecule has 5 heteroatoms. The zero-order valence-corrected chi connectivity index (χ0v) is 11.2. The van der Waals surface area contributed by atoms with Gasteiger partial charge in [-0.15, -0.1) is 10.2 Å². The lowest BCUT2D eigenvalue weighted by Gasteiger charge is -2.32. The van der Waals surface area contributed by atoms with Crippen LogP contribution in [0.25, 0.3) is 0 Å². The summed E-state index contributed by atoms with van der Waals surface area (Å²) in [6.45, 7) is 2.21. The molecule has 0 radical (unpaired) electrons. The van der Waals surface area contributed by atoms with Gasteiger partial charge >= 0.3 is 0 Å². The molecule has 0 spiro atoms. The molecule has 2 aliphatic heterocycles. The second kappa shape index (κ2) is 4.97. The summed E-state index contributed by atoms with van der Waals surface area (Å²) in [7, 11) is 2.23. The molecule has 1 fully saturated rings. The fraction of sp³-hybridized carbons (Fsp3) is 0.846. The van der Waals surface area contributed by atoms with Crippen molar-refractivity contribution in [3.63, 3.8) is 0 Å². The third-order valence-electron chi connectivity index (χ3n) is 4.41. The fourth-order valence-corrected chi connectivity index (χ4v) is 3.18. The third-order valence-corrected chi connectivity index (χ3v) is 4.41. The van der Waals surface area contributed by atoms with E-state index >= 15 is 0 Å². The molecule has 1 aromatic rings. The third kappa shape index (κ3) is 2.29. The number of likely N-dealkylation sites (N-methyl/N-ethyl adjacent to an activating group) is 1. The number of hydrogen-bond acceptors (Lipinski definition) is 4. The lowest BCUT2D eigenvalue weighted by molar-refractivity contribution is 0.181. The van der Waals surface area contributed by atoms with Crippen LogP contribution in [0.3, 0.4) is 0 Å². The smallest absolute Gasteiger partial charge is 0.134 e. The summed E-state index contributed by atoms with van der Waals surface area (Å²) >= 11 is 0. The minimum absolute atomic E-state index is 0.270. The number of fused-ring (bicyclic) bond motifs is 1. The van der Waals surface area contributed by atoms with E-state index in [4.69, 9.17) is 5.73 Å². The maximum Gasteiger partial charge on any atom is 0.134 e. The summed E-state index contributed by atoms with van der Waals surface area (Å²) in [6.07, 6.45) is 6.95. The molecular formula is C13H23N5. The molecule has 0 saturated carbocycles. The van der Waals surface area contributed by atoms with E-state index in [1.807, 2.05) is 0 Å². The Morgan fingerprint density at radius 1 is 1.22 bits per heavy atom. The molecule has 2 N–H and O–H groups in total. The van der Waals surface area contributed by atoms with Gasteiger partial charge in [0, 0.05) is 31.5 Å². The van der Waals surface area contributed by atoms with Gasteiger partial charge in [0.1, 0.15) is 11.6 Å². The lowest BCUT2D eigenvalue weighted by atomic mass is 9.99. The predicted molar refractivity (Wildman–Crippen MR) is 70.3 cm³/mol. The summed E-state index contributed by atoms with van der Waals surface area (Å²) in [6, 6.07) is 0.912. The molecule has 0 aliphatic carbocycles. The Morgan fingerprint density at radius 3 is 2.94 bits per heavy atom. The van der Waals surface area contributed by atoms with Crippen LogP contribution in [0.2, 0.25) is 0 Å². The normalized spacial score (nSPS) is 29.2. The maximum absolute atomic E-state index is 5.98. The molecule has 0 aromatic carbocycles. The molecule has 3 heterocycles. The van der Waals surface area contributed by atoms with Crippen LogP contribution in [0.4, 0.5) is 0 Å². The summed E-state index contributed by atoms with van der Waals surface area (Å²) in [5.74, 6) is 2.25. The standard InChI is InChI=1S/C13H23N5/c1-17-6-3-2-4-11(17)9-13-16-15-12-8-10(14)5-7-18(12)13/h10-11H,2-9,14H2,1H3. The van der Waals surface area contributed by atoms with Crippen LogP contribution in [0, 0.1) is 0 Å². The first-order valence-electron chi connectivity index (χ1n) is 7.11. The average Bonchev–Trinajstić information content (AvgIpc) is 2.74. The van der Waals surface area contributed by atoms with Crippen LogP contribution in [-0.4, -0.2) is 45.3 Å². The van der Waals surface area contributed by atoms with Gasteiger partial charge in [0.05, 0.1) is 0 Å². The Morgan fingerprint density at radius 2 is 2.11 bits per heavy atom. The number of aromatic nitrogens is 3. The van der Waals surface area contributed by atoms with E-state index in [9.17, 15) is 0 Å². The van der Waals surface area contributed by atoms with Crippen molar-refractivity contribution in [3.05, 3.63) is 11.6 Å². The number of hydrogen-bond donors (Lipinski definition) is 1. The highest BCUT2D eigenvalue weighted by Crippen LogP contribution is 2.20. The van der Waals surface area contributed by atoms with E-state index in [0.29, 0.717) is 6.04 Å². The molecule has 2 aliphatic rings. The highest BCUT2D eigenvalue weighted by molar-refractivity contribution is 5.03. The van der Waals surface area contributed by atoms with Crippen molar-refractivity contribution in [1.82, 2.24) is 19.7 Å². The molecular weight excluding hydrogens is 226 g/mol. The first-order chi connectivity index (χ1) is 8.74. The minimum Gasteiger partial charge on any atom is -0.327 e. The topological polar surface area (TPSA) is 60.0 Å². The van der Waals surface area contributed by atoms with Gasteiger partial charge in [-0.25, -0.2) is 0 Å². The van der Waals surface area contributed by atoms with Crippen molar-refractivity contribution in [1.29, 1.82) is 0 Å². The van der Waals surface area contributed by atoms with Crippen molar-refractivity contribution in [2.24, 2.45) is 5.73 Å². The Kier molecular flexibility index (Phi) is 3.35. The maximum atomic E-state index is 5.98. The molecule has 100 valence electrons. The van der Waals surface area contributed by atoms with Gasteiger partial charge in [-0.2, -0.15) is 0 Å². The Bertz CT molecular complexity index is 414. The summed E-state index contributed by atoms with van der Waals surface area (Å²) in [5.41, 5.74) is 5.98. The van der Waals surface area contributed by atoms with Crippen molar-refractivity contribution < 1.29 is 0 Å². The monoisotopic (exact) mass is 249 g/mol. The molecule has 0 amide bonds. The van der Waals surface area contributed by atoms with E-state index in [1.165, 1.54) is 25.8 Å². The first-order valence-corrected chi connectivity index (χ1v) is 7.11. The van der Waals surface area contributed by atoms with Crippen molar-refractivity contribution in [2.45, 2.75) is 57.2 Å². The number of nitrogens with zero attached hydrogens (tertiary/aromatic N) is 4.